The Balaban J connectivity index is 1.29. The Bertz CT molecular complexity index is 1540. The molecule has 1 saturated heterocycles. The van der Waals surface area contributed by atoms with Gasteiger partial charge in [0, 0.05) is 23.8 Å². The number of ether oxygens (including phenoxy) is 1. The van der Waals surface area contributed by atoms with E-state index in [2.05, 4.69) is 30.8 Å². The van der Waals surface area contributed by atoms with Crippen LogP contribution in [0.25, 0.3) is 11.1 Å². The molecular formula is C28H24ClF4N7O. The number of rotatable bonds is 7. The quantitative estimate of drug-likeness (QED) is 0.142. The third kappa shape index (κ3) is 7.27. The Hall–Kier alpha value is -4.29. The molecule has 3 heterocycles. The van der Waals surface area contributed by atoms with Gasteiger partial charge in [-0.15, -0.1) is 0 Å². The normalized spacial score (nSPS) is 14.0. The topological polar surface area (TPSA) is 87.6 Å². The Labute approximate surface area is 238 Å². The molecule has 5 rings (SSSR count). The number of nitrogens with one attached hydrogen (secondary N) is 2. The lowest BCUT2D eigenvalue weighted by Crippen LogP contribution is -2.37. The second kappa shape index (κ2) is 12.1. The molecule has 2 aromatic heterocycles. The van der Waals surface area contributed by atoms with Crippen LogP contribution in [0.1, 0.15) is 16.8 Å². The van der Waals surface area contributed by atoms with E-state index in [4.69, 9.17) is 16.3 Å². The number of hydrazone groups is 1. The summed E-state index contributed by atoms with van der Waals surface area (Å²) in [6, 6.07) is 12.2. The van der Waals surface area contributed by atoms with Crippen LogP contribution >= 0.6 is 11.6 Å². The highest BCUT2D eigenvalue weighted by molar-refractivity contribution is 6.31. The highest BCUT2D eigenvalue weighted by atomic mass is 35.5. The van der Waals surface area contributed by atoms with Crippen LogP contribution in [0.3, 0.4) is 0 Å². The predicted octanol–water partition coefficient (Wildman–Crippen LogP) is 6.68. The van der Waals surface area contributed by atoms with Gasteiger partial charge in [-0.1, -0.05) is 17.7 Å². The lowest BCUT2D eigenvalue weighted by molar-refractivity contribution is -0.137. The van der Waals surface area contributed by atoms with Crippen LogP contribution in [-0.4, -0.2) is 47.5 Å². The van der Waals surface area contributed by atoms with Gasteiger partial charge in [0.05, 0.1) is 48.8 Å². The highest BCUT2D eigenvalue weighted by Crippen LogP contribution is 2.36. The molecule has 0 saturated carbocycles. The molecule has 0 radical (unpaired) electrons. The highest BCUT2D eigenvalue weighted by Gasteiger charge is 2.31. The minimum Gasteiger partial charge on any atom is -0.378 e. The molecule has 1 aliphatic heterocycles. The van der Waals surface area contributed by atoms with Crippen molar-refractivity contribution in [1.82, 2.24) is 15.0 Å². The number of hydrogen-bond acceptors (Lipinski definition) is 8. The van der Waals surface area contributed by atoms with Gasteiger partial charge >= 0.3 is 6.18 Å². The summed E-state index contributed by atoms with van der Waals surface area (Å²) in [4.78, 5) is 14.1. The molecule has 0 atom stereocenters. The number of halogens is 5. The second-order valence-corrected chi connectivity index (χ2v) is 9.68. The van der Waals surface area contributed by atoms with Gasteiger partial charge in [0.1, 0.15) is 0 Å². The molecule has 0 unspecified atom stereocenters. The van der Waals surface area contributed by atoms with Gasteiger partial charge in [0.25, 0.3) is 0 Å². The number of alkyl halides is 3. The lowest BCUT2D eigenvalue weighted by atomic mass is 10.00. The van der Waals surface area contributed by atoms with Crippen molar-refractivity contribution in [3.63, 3.8) is 0 Å². The van der Waals surface area contributed by atoms with E-state index in [9.17, 15) is 17.6 Å². The fourth-order valence-electron chi connectivity index (χ4n) is 4.22. The average molecular weight is 586 g/mol. The third-order valence-electron chi connectivity index (χ3n) is 6.11. The SMILES string of the molecule is Cc1cc(Cl)cc(-c2cc(Nc3ccc(C=NNc4ncc(F)c(N5CCOCC5)n4)nc3)cc(C(F)(F)F)c2)c1. The summed E-state index contributed by atoms with van der Waals surface area (Å²) in [6.07, 6.45) is -0.589. The van der Waals surface area contributed by atoms with E-state index in [0.717, 1.165) is 23.9 Å². The van der Waals surface area contributed by atoms with E-state index in [1.54, 1.807) is 41.3 Å². The van der Waals surface area contributed by atoms with Crippen molar-refractivity contribution in [2.24, 2.45) is 5.10 Å². The molecular weight excluding hydrogens is 562 g/mol. The van der Waals surface area contributed by atoms with Crippen LogP contribution in [0, 0.1) is 12.7 Å². The monoisotopic (exact) mass is 585 g/mol. The molecule has 8 nitrogen and oxygen atoms in total. The number of anilines is 4. The van der Waals surface area contributed by atoms with Gasteiger partial charge < -0.3 is 15.0 Å². The van der Waals surface area contributed by atoms with Gasteiger partial charge in [-0.25, -0.2) is 14.8 Å². The summed E-state index contributed by atoms with van der Waals surface area (Å²) >= 11 is 6.14. The molecule has 0 amide bonds. The third-order valence-corrected chi connectivity index (χ3v) is 6.33. The summed E-state index contributed by atoms with van der Waals surface area (Å²) < 4.78 is 60.5. The number of pyridine rings is 1. The largest absolute Gasteiger partial charge is 0.416 e. The van der Waals surface area contributed by atoms with Gasteiger partial charge in [0.15, 0.2) is 11.6 Å². The van der Waals surface area contributed by atoms with E-state index in [0.29, 0.717) is 53.8 Å². The summed E-state index contributed by atoms with van der Waals surface area (Å²) in [5.74, 6) is -0.266. The molecule has 0 aliphatic carbocycles. The summed E-state index contributed by atoms with van der Waals surface area (Å²) in [7, 11) is 0. The van der Waals surface area contributed by atoms with Crippen LogP contribution in [0.15, 0.2) is 66.0 Å². The van der Waals surface area contributed by atoms with Crippen LogP contribution in [0.2, 0.25) is 5.02 Å². The van der Waals surface area contributed by atoms with Gasteiger partial charge in [-0.3, -0.25) is 4.98 Å². The first kappa shape index (κ1) is 28.2. The van der Waals surface area contributed by atoms with Crippen LogP contribution in [0.5, 0.6) is 0 Å². The van der Waals surface area contributed by atoms with Crippen molar-refractivity contribution in [2.75, 3.05) is 41.9 Å². The summed E-state index contributed by atoms with van der Waals surface area (Å²) in [6.45, 7) is 3.82. The molecule has 4 aromatic rings. The Morgan fingerprint density at radius 2 is 1.76 bits per heavy atom. The van der Waals surface area contributed by atoms with Crippen molar-refractivity contribution in [3.05, 3.63) is 88.6 Å². The summed E-state index contributed by atoms with van der Waals surface area (Å²) in [5, 5.41) is 7.47. The number of nitrogens with zero attached hydrogens (tertiary/aromatic N) is 5. The molecule has 1 aliphatic rings. The first-order valence-corrected chi connectivity index (χ1v) is 12.9. The summed E-state index contributed by atoms with van der Waals surface area (Å²) in [5.41, 5.74) is 4.80. The van der Waals surface area contributed by atoms with Gasteiger partial charge in [-0.05, 0) is 66.1 Å². The molecule has 2 N–H and O–H groups in total. The van der Waals surface area contributed by atoms with Crippen LogP contribution < -0.4 is 15.6 Å². The smallest absolute Gasteiger partial charge is 0.378 e. The van der Waals surface area contributed by atoms with Crippen molar-refractivity contribution >= 4 is 41.0 Å². The maximum absolute atomic E-state index is 14.2. The second-order valence-electron chi connectivity index (χ2n) is 9.25. The van der Waals surface area contributed by atoms with Crippen molar-refractivity contribution in [2.45, 2.75) is 13.1 Å². The van der Waals surface area contributed by atoms with Crippen molar-refractivity contribution in [1.29, 1.82) is 0 Å². The molecule has 0 bridgehead atoms. The fourth-order valence-corrected chi connectivity index (χ4v) is 4.51. The fraction of sp³-hybridized carbons (Fsp3) is 0.214. The zero-order valence-corrected chi connectivity index (χ0v) is 22.5. The van der Waals surface area contributed by atoms with E-state index >= 15 is 0 Å². The maximum Gasteiger partial charge on any atom is 0.416 e. The van der Waals surface area contributed by atoms with E-state index in [1.807, 2.05) is 6.92 Å². The Kier molecular flexibility index (Phi) is 8.31. The molecule has 41 heavy (non-hydrogen) atoms. The first-order valence-electron chi connectivity index (χ1n) is 12.5. The Morgan fingerprint density at radius 3 is 2.46 bits per heavy atom. The maximum atomic E-state index is 14.2. The molecule has 2 aromatic carbocycles. The first-order chi connectivity index (χ1) is 19.6. The molecule has 13 heteroatoms. The van der Waals surface area contributed by atoms with E-state index < -0.39 is 17.6 Å². The van der Waals surface area contributed by atoms with Crippen LogP contribution in [-0.2, 0) is 10.9 Å². The average Bonchev–Trinajstić information content (AvgIpc) is 2.94. The van der Waals surface area contributed by atoms with Gasteiger partial charge in [0.2, 0.25) is 5.95 Å². The minimum atomic E-state index is -4.54. The minimum absolute atomic E-state index is 0.109. The van der Waals surface area contributed by atoms with E-state index in [-0.39, 0.29) is 17.5 Å². The molecule has 212 valence electrons. The number of benzene rings is 2. The molecule has 0 spiro atoms. The standard InChI is InChI=1S/C28H24ClF4N7O/c1-17-8-18(11-21(29)9-17)19-10-20(28(31,32)33)13-24(12-19)37-23-3-2-22(34-14-23)15-36-39-27-35-16-25(30)26(38-27)40-4-6-41-7-5-40/h2-3,8-16,37H,4-7H2,1H3,(H,35,38,39). The lowest BCUT2D eigenvalue weighted by Gasteiger charge is -2.27. The number of morpholine rings is 1. The Morgan fingerprint density at radius 1 is 0.976 bits per heavy atom. The van der Waals surface area contributed by atoms with E-state index in [1.165, 1.54) is 12.4 Å². The zero-order chi connectivity index (χ0) is 29.0. The number of aromatic nitrogens is 3. The van der Waals surface area contributed by atoms with Gasteiger partial charge in [-0.2, -0.15) is 23.3 Å². The van der Waals surface area contributed by atoms with Crippen molar-refractivity contribution < 1.29 is 22.3 Å². The predicted molar refractivity (Wildman–Crippen MR) is 150 cm³/mol. The number of aryl methyl sites for hydroxylation is 1. The zero-order valence-electron chi connectivity index (χ0n) is 21.7. The number of hydrogen-bond donors (Lipinski definition) is 2. The molecule has 1 fully saturated rings. The van der Waals surface area contributed by atoms with Crippen molar-refractivity contribution in [3.8, 4) is 11.1 Å². The van der Waals surface area contributed by atoms with Crippen LogP contribution in [0.4, 0.5) is 40.7 Å².